The molecule has 14 heavy (non-hydrogen) atoms. The lowest BCUT2D eigenvalue weighted by molar-refractivity contribution is 0.245. The van der Waals surface area contributed by atoms with Gasteiger partial charge >= 0.3 is 0 Å². The number of aryl methyl sites for hydroxylation is 1. The molecule has 1 aromatic carbocycles. The Morgan fingerprint density at radius 3 is 2.57 bits per heavy atom. The minimum atomic E-state index is -0.471. The van der Waals surface area contributed by atoms with E-state index in [1.54, 1.807) is 13.0 Å². The maximum atomic E-state index is 13.6. The molecule has 2 rings (SSSR count). The molecule has 0 heterocycles. The van der Waals surface area contributed by atoms with Crippen LogP contribution >= 0.6 is 11.6 Å². The second kappa shape index (κ2) is 3.21. The molecule has 1 nitrogen and oxygen atoms in total. The van der Waals surface area contributed by atoms with Crippen LogP contribution < -0.4 is 5.73 Å². The van der Waals surface area contributed by atoms with E-state index in [1.165, 1.54) is 6.07 Å². The molecule has 3 heteroatoms. The molecule has 1 aromatic rings. The number of rotatable bonds is 1. The molecule has 0 aromatic heterocycles. The van der Waals surface area contributed by atoms with E-state index in [4.69, 9.17) is 17.3 Å². The second-order valence-electron chi connectivity index (χ2n) is 4.09. The van der Waals surface area contributed by atoms with Gasteiger partial charge in [0.1, 0.15) is 5.82 Å². The Morgan fingerprint density at radius 1 is 1.43 bits per heavy atom. The highest BCUT2D eigenvalue weighted by Gasteiger charge is 2.36. The second-order valence-corrected chi connectivity index (χ2v) is 4.50. The largest absolute Gasteiger partial charge is 0.321 e. The van der Waals surface area contributed by atoms with Gasteiger partial charge in [-0.25, -0.2) is 4.39 Å². The summed E-state index contributed by atoms with van der Waals surface area (Å²) in [7, 11) is 0. The van der Waals surface area contributed by atoms with Gasteiger partial charge in [-0.15, -0.1) is 0 Å². The topological polar surface area (TPSA) is 26.0 Å². The van der Waals surface area contributed by atoms with Gasteiger partial charge in [0, 0.05) is 16.1 Å². The summed E-state index contributed by atoms with van der Waals surface area (Å²) in [6.07, 6.45) is 2.77. The minimum absolute atomic E-state index is 0.228. The van der Waals surface area contributed by atoms with Crippen LogP contribution in [0.3, 0.4) is 0 Å². The van der Waals surface area contributed by atoms with Crippen molar-refractivity contribution in [3.8, 4) is 0 Å². The maximum absolute atomic E-state index is 13.6. The van der Waals surface area contributed by atoms with Crippen LogP contribution in [0, 0.1) is 12.7 Å². The van der Waals surface area contributed by atoms with Crippen molar-refractivity contribution >= 4 is 11.6 Å². The van der Waals surface area contributed by atoms with Crippen LogP contribution in [0.4, 0.5) is 4.39 Å². The summed E-state index contributed by atoms with van der Waals surface area (Å²) in [5.74, 6) is -0.228. The molecule has 0 saturated heterocycles. The Kier molecular flexibility index (Phi) is 2.28. The Balaban J connectivity index is 2.48. The molecule has 0 bridgehead atoms. The molecular weight excluding hydrogens is 201 g/mol. The van der Waals surface area contributed by atoms with E-state index >= 15 is 0 Å². The number of nitrogens with two attached hydrogens (primary N) is 1. The summed E-state index contributed by atoms with van der Waals surface area (Å²) in [5.41, 5.74) is 6.90. The van der Waals surface area contributed by atoms with Crippen LogP contribution in [0.5, 0.6) is 0 Å². The quantitative estimate of drug-likeness (QED) is 0.762. The molecular formula is C11H13ClFN. The van der Waals surface area contributed by atoms with Gasteiger partial charge in [0.2, 0.25) is 0 Å². The summed E-state index contributed by atoms with van der Waals surface area (Å²) >= 11 is 5.95. The lowest BCUT2D eigenvalue weighted by Crippen LogP contribution is -2.44. The Morgan fingerprint density at radius 2 is 2.07 bits per heavy atom. The summed E-state index contributed by atoms with van der Waals surface area (Å²) in [6, 6.07) is 3.13. The molecule has 1 fully saturated rings. The van der Waals surface area contributed by atoms with Crippen molar-refractivity contribution in [2.24, 2.45) is 5.73 Å². The summed E-state index contributed by atoms with van der Waals surface area (Å²) in [6.45, 7) is 1.79. The minimum Gasteiger partial charge on any atom is -0.321 e. The van der Waals surface area contributed by atoms with E-state index in [-0.39, 0.29) is 5.82 Å². The third-order valence-electron chi connectivity index (χ3n) is 3.03. The Hall–Kier alpha value is -0.600. The molecule has 0 amide bonds. The van der Waals surface area contributed by atoms with Gasteiger partial charge in [-0.3, -0.25) is 0 Å². The standard InChI is InChI=1S/C11H13ClFN/c1-7-5-10(13)8(6-9(7)12)11(14)3-2-4-11/h5-6H,2-4,14H2,1H3. The van der Waals surface area contributed by atoms with E-state index in [1.807, 2.05) is 0 Å². The van der Waals surface area contributed by atoms with Crippen molar-refractivity contribution in [3.63, 3.8) is 0 Å². The van der Waals surface area contributed by atoms with Crippen LogP contribution in [0.2, 0.25) is 5.02 Å². The SMILES string of the molecule is Cc1cc(F)c(C2(N)CCC2)cc1Cl. The monoisotopic (exact) mass is 213 g/mol. The average Bonchev–Trinajstić information content (AvgIpc) is 2.07. The van der Waals surface area contributed by atoms with Crippen LogP contribution in [0.1, 0.15) is 30.4 Å². The first-order valence-electron chi connectivity index (χ1n) is 4.78. The summed E-state index contributed by atoms with van der Waals surface area (Å²) < 4.78 is 13.6. The van der Waals surface area contributed by atoms with E-state index in [0.717, 1.165) is 24.8 Å². The molecule has 0 radical (unpaired) electrons. The van der Waals surface area contributed by atoms with Gasteiger partial charge in [-0.2, -0.15) is 0 Å². The third-order valence-corrected chi connectivity index (χ3v) is 3.44. The van der Waals surface area contributed by atoms with Crippen molar-refractivity contribution in [3.05, 3.63) is 34.1 Å². The molecule has 76 valence electrons. The predicted octanol–water partition coefficient (Wildman–Crippen LogP) is 3.13. The molecule has 0 atom stereocenters. The highest BCUT2D eigenvalue weighted by atomic mass is 35.5. The van der Waals surface area contributed by atoms with Gasteiger partial charge in [0.25, 0.3) is 0 Å². The zero-order chi connectivity index (χ0) is 10.3. The average molecular weight is 214 g/mol. The Labute approximate surface area is 88.1 Å². The van der Waals surface area contributed by atoms with Crippen molar-refractivity contribution < 1.29 is 4.39 Å². The van der Waals surface area contributed by atoms with E-state index in [0.29, 0.717) is 10.6 Å². The van der Waals surface area contributed by atoms with Gasteiger partial charge < -0.3 is 5.73 Å². The van der Waals surface area contributed by atoms with Gasteiger partial charge in [0.05, 0.1) is 0 Å². The number of hydrogen-bond donors (Lipinski definition) is 1. The van der Waals surface area contributed by atoms with Gasteiger partial charge in [-0.05, 0) is 43.9 Å². The smallest absolute Gasteiger partial charge is 0.128 e. The highest BCUT2D eigenvalue weighted by Crippen LogP contribution is 2.41. The first-order valence-corrected chi connectivity index (χ1v) is 5.16. The molecule has 0 aliphatic heterocycles. The molecule has 0 spiro atoms. The molecule has 0 unspecified atom stereocenters. The fourth-order valence-corrected chi connectivity index (χ4v) is 2.02. The van der Waals surface area contributed by atoms with Crippen LogP contribution in [0.25, 0.3) is 0 Å². The third kappa shape index (κ3) is 1.43. The van der Waals surface area contributed by atoms with Crippen LogP contribution in [-0.4, -0.2) is 0 Å². The maximum Gasteiger partial charge on any atom is 0.128 e. The van der Waals surface area contributed by atoms with E-state index < -0.39 is 5.54 Å². The van der Waals surface area contributed by atoms with Gasteiger partial charge in [-0.1, -0.05) is 11.6 Å². The lowest BCUT2D eigenvalue weighted by atomic mass is 9.72. The summed E-state index contributed by atoms with van der Waals surface area (Å²) in [4.78, 5) is 0. The summed E-state index contributed by atoms with van der Waals surface area (Å²) in [5, 5.41) is 0.595. The van der Waals surface area contributed by atoms with Crippen molar-refractivity contribution in [2.75, 3.05) is 0 Å². The Bertz CT molecular complexity index is 372. The predicted molar refractivity (Wildman–Crippen MR) is 55.9 cm³/mol. The molecule has 1 aliphatic rings. The first-order chi connectivity index (χ1) is 6.53. The fourth-order valence-electron chi connectivity index (χ4n) is 1.85. The number of hydrogen-bond acceptors (Lipinski definition) is 1. The van der Waals surface area contributed by atoms with Crippen molar-refractivity contribution in [1.29, 1.82) is 0 Å². The highest BCUT2D eigenvalue weighted by molar-refractivity contribution is 6.31. The van der Waals surface area contributed by atoms with Gasteiger partial charge in [0.15, 0.2) is 0 Å². The normalized spacial score (nSPS) is 19.1. The molecule has 2 N–H and O–H groups in total. The molecule has 1 saturated carbocycles. The van der Waals surface area contributed by atoms with Crippen molar-refractivity contribution in [1.82, 2.24) is 0 Å². The van der Waals surface area contributed by atoms with E-state index in [9.17, 15) is 4.39 Å². The number of benzene rings is 1. The first kappa shape index (κ1) is 9.94. The zero-order valence-electron chi connectivity index (χ0n) is 8.11. The molecule has 1 aliphatic carbocycles. The van der Waals surface area contributed by atoms with Crippen molar-refractivity contribution in [2.45, 2.75) is 31.7 Å². The fraction of sp³-hybridized carbons (Fsp3) is 0.455. The lowest BCUT2D eigenvalue weighted by Gasteiger charge is -2.38. The van der Waals surface area contributed by atoms with E-state index in [2.05, 4.69) is 0 Å². The zero-order valence-corrected chi connectivity index (χ0v) is 8.87. The number of halogens is 2. The van der Waals surface area contributed by atoms with Crippen LogP contribution in [-0.2, 0) is 5.54 Å². The van der Waals surface area contributed by atoms with Crippen LogP contribution in [0.15, 0.2) is 12.1 Å².